The number of hydrogen-bond acceptors (Lipinski definition) is 5. The summed E-state index contributed by atoms with van der Waals surface area (Å²) in [6.45, 7) is 2.34. The minimum atomic E-state index is -0.384. The molecule has 3 aromatic carbocycles. The number of nitrogens with one attached hydrogen (secondary N) is 2. The Morgan fingerprint density at radius 2 is 1.63 bits per heavy atom. The monoisotopic (exact) mass is 475 g/mol. The van der Waals surface area contributed by atoms with Crippen LogP contribution in [0.4, 0.5) is 16.2 Å². The van der Waals surface area contributed by atoms with Gasteiger partial charge in [-0.1, -0.05) is 30.3 Å². The normalized spacial score (nSPS) is 14.2. The van der Waals surface area contributed by atoms with Gasteiger partial charge >= 0.3 is 6.03 Å². The van der Waals surface area contributed by atoms with Crippen LogP contribution in [0.1, 0.15) is 28.4 Å². The summed E-state index contributed by atoms with van der Waals surface area (Å²) in [7, 11) is 4.55. The molecule has 0 aromatic heterocycles. The summed E-state index contributed by atoms with van der Waals surface area (Å²) in [6, 6.07) is 18.2. The number of carbonyl (C=O) groups is 2. The fraction of sp³-hybridized carbons (Fsp3) is 0.259. The van der Waals surface area contributed by atoms with Crippen molar-refractivity contribution in [1.29, 1.82) is 0 Å². The van der Waals surface area contributed by atoms with Gasteiger partial charge in [0, 0.05) is 36.0 Å². The van der Waals surface area contributed by atoms with Gasteiger partial charge in [-0.2, -0.15) is 0 Å². The Morgan fingerprint density at radius 3 is 2.26 bits per heavy atom. The molecule has 1 atom stereocenters. The Hall–Kier alpha value is -4.20. The number of carbonyl (C=O) groups excluding carboxylic acids is 2. The number of hydrogen-bond donors (Lipinski definition) is 2. The van der Waals surface area contributed by atoms with Crippen molar-refractivity contribution in [2.75, 3.05) is 31.5 Å². The molecule has 1 aliphatic rings. The molecule has 1 heterocycles. The SMILES string of the molecule is COc1cc(NC(=O)NCc2ccc3c(c2)N(C(=O)c2ccccc2)[C@@H](C)C3)cc(OC)c1OC. The van der Waals surface area contributed by atoms with Gasteiger partial charge in [-0.05, 0) is 42.7 Å². The molecule has 182 valence electrons. The summed E-state index contributed by atoms with van der Waals surface area (Å²) in [6.07, 6.45) is 0.795. The molecule has 3 amide bonds. The van der Waals surface area contributed by atoms with E-state index in [-0.39, 0.29) is 18.0 Å². The van der Waals surface area contributed by atoms with Crippen LogP contribution in [0.5, 0.6) is 17.2 Å². The summed E-state index contributed by atoms with van der Waals surface area (Å²) in [5.74, 6) is 1.31. The molecule has 3 aromatic rings. The zero-order valence-electron chi connectivity index (χ0n) is 20.3. The van der Waals surface area contributed by atoms with E-state index in [2.05, 4.69) is 10.6 Å². The Bertz CT molecular complexity index is 1200. The summed E-state index contributed by atoms with van der Waals surface area (Å²) >= 11 is 0. The van der Waals surface area contributed by atoms with Crippen molar-refractivity contribution in [2.45, 2.75) is 25.9 Å². The highest BCUT2D eigenvalue weighted by atomic mass is 16.5. The highest BCUT2D eigenvalue weighted by Crippen LogP contribution is 2.40. The van der Waals surface area contributed by atoms with Crippen molar-refractivity contribution >= 4 is 23.3 Å². The molecular weight excluding hydrogens is 446 g/mol. The van der Waals surface area contributed by atoms with E-state index in [9.17, 15) is 9.59 Å². The molecule has 0 aliphatic carbocycles. The van der Waals surface area contributed by atoms with Crippen molar-refractivity contribution in [1.82, 2.24) is 5.32 Å². The van der Waals surface area contributed by atoms with Gasteiger partial charge in [0.25, 0.3) is 5.91 Å². The van der Waals surface area contributed by atoms with Gasteiger partial charge in [0.2, 0.25) is 5.75 Å². The van der Waals surface area contributed by atoms with E-state index in [1.54, 1.807) is 12.1 Å². The van der Waals surface area contributed by atoms with Gasteiger partial charge in [0.15, 0.2) is 11.5 Å². The first-order valence-electron chi connectivity index (χ1n) is 11.3. The predicted octanol–water partition coefficient (Wildman–Crippen LogP) is 4.63. The molecule has 0 radical (unpaired) electrons. The number of anilines is 2. The lowest BCUT2D eigenvalue weighted by atomic mass is 10.1. The van der Waals surface area contributed by atoms with E-state index in [0.717, 1.165) is 23.2 Å². The summed E-state index contributed by atoms with van der Waals surface area (Å²) in [4.78, 5) is 27.6. The molecular formula is C27H29N3O5. The quantitative estimate of drug-likeness (QED) is 0.520. The first kappa shape index (κ1) is 23.9. The second-order valence-corrected chi connectivity index (χ2v) is 8.28. The molecule has 8 heteroatoms. The molecule has 0 saturated heterocycles. The minimum absolute atomic E-state index is 0.0258. The molecule has 0 bridgehead atoms. The summed E-state index contributed by atoms with van der Waals surface area (Å²) < 4.78 is 16.0. The van der Waals surface area contributed by atoms with Gasteiger partial charge in [-0.3, -0.25) is 4.79 Å². The maximum atomic E-state index is 13.2. The molecule has 1 aliphatic heterocycles. The Labute approximate surface area is 204 Å². The highest BCUT2D eigenvalue weighted by Gasteiger charge is 2.31. The van der Waals surface area contributed by atoms with Gasteiger partial charge in [-0.15, -0.1) is 0 Å². The van der Waals surface area contributed by atoms with Crippen molar-refractivity contribution in [3.05, 3.63) is 77.4 Å². The Balaban J connectivity index is 1.46. The van der Waals surface area contributed by atoms with Crippen LogP contribution in [-0.4, -0.2) is 39.3 Å². The van der Waals surface area contributed by atoms with Crippen molar-refractivity contribution < 1.29 is 23.8 Å². The lowest BCUT2D eigenvalue weighted by molar-refractivity contribution is 0.0981. The van der Waals surface area contributed by atoms with E-state index in [4.69, 9.17) is 14.2 Å². The number of benzene rings is 3. The average Bonchev–Trinajstić information content (AvgIpc) is 3.21. The zero-order chi connectivity index (χ0) is 24.9. The van der Waals surface area contributed by atoms with E-state index >= 15 is 0 Å². The fourth-order valence-electron chi connectivity index (χ4n) is 4.30. The van der Waals surface area contributed by atoms with Gasteiger partial charge in [0.1, 0.15) is 0 Å². The fourth-order valence-corrected chi connectivity index (χ4v) is 4.30. The van der Waals surface area contributed by atoms with Gasteiger partial charge < -0.3 is 29.7 Å². The number of methoxy groups -OCH3 is 3. The molecule has 2 N–H and O–H groups in total. The van der Waals surface area contributed by atoms with Crippen LogP contribution >= 0.6 is 0 Å². The third-order valence-corrected chi connectivity index (χ3v) is 5.98. The number of amides is 3. The third kappa shape index (κ3) is 5.01. The molecule has 0 spiro atoms. The molecule has 8 nitrogen and oxygen atoms in total. The number of nitrogens with zero attached hydrogens (tertiary/aromatic N) is 1. The van der Waals surface area contributed by atoms with E-state index in [1.807, 2.05) is 60.4 Å². The lowest BCUT2D eigenvalue weighted by Crippen LogP contribution is -2.35. The standard InChI is InChI=1S/C27H29N3O5/c1-17-12-20-11-10-18(13-22(20)30(17)26(31)19-8-6-5-7-9-19)16-28-27(32)29-21-14-23(33-2)25(35-4)24(15-21)34-3/h5-11,13-15,17H,12,16H2,1-4H3,(H2,28,29,32)/t17-/m0/s1. The maximum Gasteiger partial charge on any atom is 0.319 e. The zero-order valence-corrected chi connectivity index (χ0v) is 20.3. The molecule has 0 fully saturated rings. The first-order chi connectivity index (χ1) is 16.9. The topological polar surface area (TPSA) is 89.1 Å². The lowest BCUT2D eigenvalue weighted by Gasteiger charge is -2.23. The highest BCUT2D eigenvalue weighted by molar-refractivity contribution is 6.07. The molecule has 4 rings (SSSR count). The van der Waals surface area contributed by atoms with Crippen LogP contribution in [0.25, 0.3) is 0 Å². The number of rotatable bonds is 7. The molecule has 0 unspecified atom stereocenters. The van der Waals surface area contributed by atoms with Crippen LogP contribution in [0.3, 0.4) is 0 Å². The van der Waals surface area contributed by atoms with Crippen molar-refractivity contribution in [2.24, 2.45) is 0 Å². The smallest absolute Gasteiger partial charge is 0.319 e. The number of ether oxygens (including phenoxy) is 3. The van der Waals surface area contributed by atoms with E-state index < -0.39 is 0 Å². The second-order valence-electron chi connectivity index (χ2n) is 8.28. The van der Waals surface area contributed by atoms with Crippen LogP contribution in [-0.2, 0) is 13.0 Å². The molecule has 0 saturated carbocycles. The number of urea groups is 1. The van der Waals surface area contributed by atoms with Crippen molar-refractivity contribution in [3.63, 3.8) is 0 Å². The van der Waals surface area contributed by atoms with Crippen LogP contribution in [0, 0.1) is 0 Å². The first-order valence-corrected chi connectivity index (χ1v) is 11.3. The van der Waals surface area contributed by atoms with E-state index in [1.165, 1.54) is 21.3 Å². The number of fused-ring (bicyclic) bond motifs is 1. The average molecular weight is 476 g/mol. The minimum Gasteiger partial charge on any atom is -0.493 e. The largest absolute Gasteiger partial charge is 0.493 e. The second kappa shape index (κ2) is 10.4. The third-order valence-electron chi connectivity index (χ3n) is 5.98. The van der Waals surface area contributed by atoms with Crippen LogP contribution < -0.4 is 29.7 Å². The van der Waals surface area contributed by atoms with E-state index in [0.29, 0.717) is 35.0 Å². The van der Waals surface area contributed by atoms with Crippen LogP contribution in [0.2, 0.25) is 0 Å². The summed E-state index contributed by atoms with van der Waals surface area (Å²) in [5.41, 5.74) is 4.05. The molecule has 35 heavy (non-hydrogen) atoms. The Kier molecular flexibility index (Phi) is 7.10. The van der Waals surface area contributed by atoms with Crippen molar-refractivity contribution in [3.8, 4) is 17.2 Å². The van der Waals surface area contributed by atoms with Gasteiger partial charge in [-0.25, -0.2) is 4.79 Å². The van der Waals surface area contributed by atoms with Crippen LogP contribution in [0.15, 0.2) is 60.7 Å². The Morgan fingerprint density at radius 1 is 0.943 bits per heavy atom. The maximum absolute atomic E-state index is 13.2. The summed E-state index contributed by atoms with van der Waals surface area (Å²) in [5, 5.41) is 5.65. The van der Waals surface area contributed by atoms with Gasteiger partial charge in [0.05, 0.1) is 27.0 Å². The predicted molar refractivity (Wildman–Crippen MR) is 135 cm³/mol.